The highest BCUT2D eigenvalue weighted by atomic mass is 16.5. The second-order valence-corrected chi connectivity index (χ2v) is 7.04. The van der Waals surface area contributed by atoms with Gasteiger partial charge in [-0.3, -0.25) is 9.89 Å². The van der Waals surface area contributed by atoms with Crippen LogP contribution in [-0.2, 0) is 4.74 Å². The van der Waals surface area contributed by atoms with Crippen molar-refractivity contribution in [3.05, 3.63) is 12.7 Å². The molecule has 1 atom stereocenters. The first kappa shape index (κ1) is 20.6. The molecule has 1 aliphatic heterocycles. The molecule has 26 heavy (non-hydrogen) atoms. The van der Waals surface area contributed by atoms with Crippen molar-refractivity contribution in [3.63, 3.8) is 0 Å². The zero-order chi connectivity index (χ0) is 18.8. The van der Waals surface area contributed by atoms with E-state index in [2.05, 4.69) is 34.4 Å². The van der Waals surface area contributed by atoms with Gasteiger partial charge in [-0.15, -0.1) is 6.58 Å². The van der Waals surface area contributed by atoms with E-state index in [1.807, 2.05) is 13.0 Å². The SMILES string of the molecule is C=CCN1CCC(NC(=NCC(NC(=O)OCC)C2CC2)NCC)CC1. The van der Waals surface area contributed by atoms with Gasteiger partial charge in [0.25, 0.3) is 0 Å². The van der Waals surface area contributed by atoms with Crippen LogP contribution in [-0.4, -0.2) is 68.4 Å². The Kier molecular flexibility index (Phi) is 8.74. The Morgan fingerprint density at radius 1 is 1.31 bits per heavy atom. The van der Waals surface area contributed by atoms with Crippen molar-refractivity contribution in [3.8, 4) is 0 Å². The first-order valence-corrected chi connectivity index (χ1v) is 9.97. The lowest BCUT2D eigenvalue weighted by Crippen LogP contribution is -2.49. The molecular weight excluding hydrogens is 330 g/mol. The number of carbonyl (C=O) groups excluding carboxylic acids is 1. The third-order valence-electron chi connectivity index (χ3n) is 4.88. The van der Waals surface area contributed by atoms with E-state index in [-0.39, 0.29) is 12.1 Å². The molecule has 148 valence electrons. The summed E-state index contributed by atoms with van der Waals surface area (Å²) in [4.78, 5) is 18.9. The van der Waals surface area contributed by atoms with Crippen molar-refractivity contribution in [2.24, 2.45) is 10.9 Å². The molecule has 3 N–H and O–H groups in total. The Morgan fingerprint density at radius 3 is 2.62 bits per heavy atom. The van der Waals surface area contributed by atoms with Crippen molar-refractivity contribution in [2.45, 2.75) is 51.6 Å². The summed E-state index contributed by atoms with van der Waals surface area (Å²) in [6, 6.07) is 0.491. The van der Waals surface area contributed by atoms with Crippen molar-refractivity contribution >= 4 is 12.1 Å². The maximum Gasteiger partial charge on any atom is 0.407 e. The van der Waals surface area contributed by atoms with Gasteiger partial charge in [0.1, 0.15) is 0 Å². The third-order valence-corrected chi connectivity index (χ3v) is 4.88. The smallest absolute Gasteiger partial charge is 0.407 e. The molecule has 0 bridgehead atoms. The first-order chi connectivity index (χ1) is 12.7. The number of ether oxygens (including phenoxy) is 1. The van der Waals surface area contributed by atoms with Gasteiger partial charge in [-0.05, 0) is 45.4 Å². The number of rotatable bonds is 9. The van der Waals surface area contributed by atoms with Gasteiger partial charge in [-0.25, -0.2) is 4.79 Å². The highest BCUT2D eigenvalue weighted by Gasteiger charge is 2.32. The highest BCUT2D eigenvalue weighted by molar-refractivity contribution is 5.80. The Morgan fingerprint density at radius 2 is 2.04 bits per heavy atom. The summed E-state index contributed by atoms with van der Waals surface area (Å²) in [7, 11) is 0. The Labute approximate surface area is 157 Å². The molecule has 1 saturated heterocycles. The first-order valence-electron chi connectivity index (χ1n) is 9.97. The van der Waals surface area contributed by atoms with Crippen molar-refractivity contribution in [2.75, 3.05) is 39.3 Å². The molecule has 1 saturated carbocycles. The quantitative estimate of drug-likeness (QED) is 0.329. The summed E-state index contributed by atoms with van der Waals surface area (Å²) in [5.41, 5.74) is 0. The van der Waals surface area contributed by atoms with Gasteiger partial charge in [0.2, 0.25) is 0 Å². The fraction of sp³-hybridized carbons (Fsp3) is 0.789. The predicted octanol–water partition coefficient (Wildman–Crippen LogP) is 1.72. The van der Waals surface area contributed by atoms with Crippen LogP contribution < -0.4 is 16.0 Å². The molecule has 1 unspecified atom stereocenters. The number of amides is 1. The van der Waals surface area contributed by atoms with Gasteiger partial charge in [-0.1, -0.05) is 6.08 Å². The van der Waals surface area contributed by atoms with E-state index in [9.17, 15) is 4.79 Å². The van der Waals surface area contributed by atoms with E-state index in [1.54, 1.807) is 0 Å². The summed E-state index contributed by atoms with van der Waals surface area (Å²) < 4.78 is 5.01. The molecule has 2 aliphatic rings. The Hall–Kier alpha value is -1.76. The number of alkyl carbamates (subject to hydrolysis) is 1. The molecule has 0 aromatic carbocycles. The van der Waals surface area contributed by atoms with Crippen molar-refractivity contribution in [1.82, 2.24) is 20.9 Å². The number of guanidine groups is 1. The Balaban J connectivity index is 1.84. The van der Waals surface area contributed by atoms with E-state index in [4.69, 9.17) is 9.73 Å². The van der Waals surface area contributed by atoms with E-state index in [1.165, 1.54) is 0 Å². The molecule has 7 nitrogen and oxygen atoms in total. The van der Waals surface area contributed by atoms with Crippen LogP contribution in [0.4, 0.5) is 4.79 Å². The van der Waals surface area contributed by atoms with Crippen LogP contribution in [0, 0.1) is 5.92 Å². The molecule has 0 aromatic heterocycles. The lowest BCUT2D eigenvalue weighted by Gasteiger charge is -2.32. The lowest BCUT2D eigenvalue weighted by atomic mass is 10.1. The van der Waals surface area contributed by atoms with Gasteiger partial charge in [0.15, 0.2) is 5.96 Å². The van der Waals surface area contributed by atoms with Gasteiger partial charge >= 0.3 is 6.09 Å². The van der Waals surface area contributed by atoms with Crippen LogP contribution in [0.1, 0.15) is 39.5 Å². The van der Waals surface area contributed by atoms with E-state index in [0.29, 0.717) is 25.1 Å². The van der Waals surface area contributed by atoms with Gasteiger partial charge in [0, 0.05) is 32.2 Å². The summed E-state index contributed by atoms with van der Waals surface area (Å²) in [5.74, 6) is 1.36. The number of nitrogens with one attached hydrogen (secondary N) is 3. The summed E-state index contributed by atoms with van der Waals surface area (Å²) >= 11 is 0. The molecule has 1 heterocycles. The van der Waals surface area contributed by atoms with Gasteiger partial charge < -0.3 is 20.7 Å². The fourth-order valence-electron chi connectivity index (χ4n) is 3.28. The van der Waals surface area contributed by atoms with Crippen molar-refractivity contribution < 1.29 is 9.53 Å². The second-order valence-electron chi connectivity index (χ2n) is 7.04. The average Bonchev–Trinajstić information content (AvgIpc) is 3.46. The number of piperidine rings is 1. The minimum absolute atomic E-state index is 0.0546. The van der Waals surface area contributed by atoms with Gasteiger partial charge in [-0.2, -0.15) is 0 Å². The molecule has 0 spiro atoms. The minimum Gasteiger partial charge on any atom is -0.450 e. The molecule has 1 amide bonds. The summed E-state index contributed by atoms with van der Waals surface area (Å²) in [6.45, 7) is 12.6. The van der Waals surface area contributed by atoms with Crippen LogP contribution in [0.2, 0.25) is 0 Å². The van der Waals surface area contributed by atoms with E-state index < -0.39 is 0 Å². The lowest BCUT2D eigenvalue weighted by molar-refractivity contribution is 0.147. The van der Waals surface area contributed by atoms with Crippen molar-refractivity contribution in [1.29, 1.82) is 0 Å². The average molecular weight is 366 g/mol. The maximum absolute atomic E-state index is 11.7. The molecule has 2 rings (SSSR count). The molecule has 2 fully saturated rings. The zero-order valence-electron chi connectivity index (χ0n) is 16.3. The highest BCUT2D eigenvalue weighted by Crippen LogP contribution is 2.32. The fourth-order valence-corrected chi connectivity index (χ4v) is 3.28. The molecule has 1 aliphatic carbocycles. The van der Waals surface area contributed by atoms with E-state index in [0.717, 1.165) is 57.8 Å². The number of likely N-dealkylation sites (tertiary alicyclic amines) is 1. The number of carbonyl (C=O) groups is 1. The standard InChI is InChI=1S/C19H35N5O2/c1-4-11-24-12-9-16(10-13-24)22-18(20-5-2)21-14-17(15-7-8-15)23-19(25)26-6-3/h4,15-17H,1,5-14H2,2-3H3,(H,23,25)(H2,20,21,22). The van der Waals surface area contributed by atoms with Crippen LogP contribution in [0.5, 0.6) is 0 Å². The maximum atomic E-state index is 11.7. The third kappa shape index (κ3) is 7.23. The monoisotopic (exact) mass is 365 g/mol. The van der Waals surface area contributed by atoms with Crippen LogP contribution >= 0.6 is 0 Å². The minimum atomic E-state index is -0.341. The van der Waals surface area contributed by atoms with Gasteiger partial charge in [0.05, 0.1) is 19.2 Å². The molecule has 7 heteroatoms. The molecule has 0 aromatic rings. The summed E-state index contributed by atoms with van der Waals surface area (Å²) in [6.07, 6.45) is 6.13. The second kappa shape index (κ2) is 11.1. The summed E-state index contributed by atoms with van der Waals surface area (Å²) in [5, 5.41) is 9.84. The molecular formula is C19H35N5O2. The largest absolute Gasteiger partial charge is 0.450 e. The van der Waals surface area contributed by atoms with Crippen LogP contribution in [0.15, 0.2) is 17.6 Å². The number of hydrogen-bond acceptors (Lipinski definition) is 4. The number of nitrogens with zero attached hydrogens (tertiary/aromatic N) is 2. The number of hydrogen-bond donors (Lipinski definition) is 3. The predicted molar refractivity (Wildman–Crippen MR) is 105 cm³/mol. The zero-order valence-corrected chi connectivity index (χ0v) is 16.3. The number of aliphatic imine (C=N–C) groups is 1. The van der Waals surface area contributed by atoms with Crippen LogP contribution in [0.3, 0.4) is 0 Å². The normalized spacial score (nSPS) is 20.3. The Bertz CT molecular complexity index is 471. The van der Waals surface area contributed by atoms with E-state index >= 15 is 0 Å². The van der Waals surface area contributed by atoms with Crippen LogP contribution in [0.25, 0.3) is 0 Å². The molecule has 0 radical (unpaired) electrons. The topological polar surface area (TPSA) is 78.0 Å².